The zero-order valence-electron chi connectivity index (χ0n) is 15.1. The summed E-state index contributed by atoms with van der Waals surface area (Å²) in [6, 6.07) is 4.61. The minimum absolute atomic E-state index is 0.116. The molecule has 5 nitrogen and oxygen atoms in total. The van der Waals surface area contributed by atoms with Crippen molar-refractivity contribution in [3.8, 4) is 12.1 Å². The summed E-state index contributed by atoms with van der Waals surface area (Å²) in [4.78, 5) is 18.0. The van der Waals surface area contributed by atoms with E-state index in [1.807, 2.05) is 0 Å². The Bertz CT molecular complexity index is 805. The number of alkyl halides is 3. The molecular weight excluding hydrogens is 377 g/mol. The first-order valence-electron chi connectivity index (χ1n) is 8.44. The van der Waals surface area contributed by atoms with Crippen LogP contribution in [0.4, 0.5) is 13.2 Å². The lowest BCUT2D eigenvalue weighted by atomic mass is 9.81. The summed E-state index contributed by atoms with van der Waals surface area (Å²) in [5.74, 6) is -0.563. The molecule has 1 saturated carbocycles. The third kappa shape index (κ3) is 4.54. The van der Waals surface area contributed by atoms with Crippen molar-refractivity contribution in [2.45, 2.75) is 55.8 Å². The molecule has 0 N–H and O–H groups in total. The number of thioether (sulfide) groups is 1. The number of nitrogens with zero attached hydrogens (tertiary/aromatic N) is 4. The van der Waals surface area contributed by atoms with Gasteiger partial charge in [-0.05, 0) is 25.8 Å². The third-order valence-electron chi connectivity index (χ3n) is 4.77. The van der Waals surface area contributed by atoms with Crippen molar-refractivity contribution in [3.05, 3.63) is 22.9 Å². The fraction of sp³-hybridized carbons (Fsp3) is 0.556. The van der Waals surface area contributed by atoms with Crippen LogP contribution in [0.1, 0.15) is 48.9 Å². The van der Waals surface area contributed by atoms with Gasteiger partial charge in [0.25, 0.3) is 0 Å². The van der Waals surface area contributed by atoms with E-state index in [4.69, 9.17) is 5.26 Å². The summed E-state index contributed by atoms with van der Waals surface area (Å²) in [5.41, 5.74) is -2.39. The zero-order chi connectivity index (χ0) is 20.2. The summed E-state index contributed by atoms with van der Waals surface area (Å²) < 4.78 is 39.5. The van der Waals surface area contributed by atoms with E-state index in [1.165, 1.54) is 11.8 Å². The molecule has 1 aromatic heterocycles. The smallest absolute Gasteiger partial charge is 0.326 e. The highest BCUT2D eigenvalue weighted by molar-refractivity contribution is 8.00. The van der Waals surface area contributed by atoms with Gasteiger partial charge >= 0.3 is 6.18 Å². The van der Waals surface area contributed by atoms with E-state index >= 15 is 0 Å². The average Bonchev–Trinajstić information content (AvgIpc) is 2.64. The van der Waals surface area contributed by atoms with Crippen molar-refractivity contribution >= 4 is 17.7 Å². The molecule has 144 valence electrons. The molecule has 0 radical (unpaired) electrons. The molecule has 27 heavy (non-hydrogen) atoms. The highest BCUT2D eigenvalue weighted by Gasteiger charge is 2.39. The minimum Gasteiger partial charge on any atom is -0.326 e. The van der Waals surface area contributed by atoms with Crippen LogP contribution < -0.4 is 0 Å². The Labute approximate surface area is 160 Å². The largest absolute Gasteiger partial charge is 0.417 e. The number of carbonyl (C=O) groups is 1. The molecule has 1 heterocycles. The molecule has 2 rings (SSSR count). The Morgan fingerprint density at radius 1 is 1.33 bits per heavy atom. The molecule has 0 bridgehead atoms. The number of halogens is 3. The van der Waals surface area contributed by atoms with E-state index < -0.39 is 22.8 Å². The van der Waals surface area contributed by atoms with Crippen molar-refractivity contribution in [3.63, 3.8) is 0 Å². The molecule has 0 spiro atoms. The van der Waals surface area contributed by atoms with E-state index in [-0.39, 0.29) is 22.4 Å². The van der Waals surface area contributed by atoms with Crippen molar-refractivity contribution in [2.75, 3.05) is 12.8 Å². The minimum atomic E-state index is -4.68. The van der Waals surface area contributed by atoms with E-state index in [9.17, 15) is 23.2 Å². The Morgan fingerprint density at radius 3 is 2.48 bits per heavy atom. The van der Waals surface area contributed by atoms with Gasteiger partial charge < -0.3 is 4.90 Å². The molecule has 1 aromatic rings. The normalized spacial score (nSPS) is 16.3. The SMILES string of the molecule is Cc1cc(C(F)(F)F)c(C#N)c(SCC(=O)N(C)C2(C#N)CCCCC2)n1. The highest BCUT2D eigenvalue weighted by Crippen LogP contribution is 2.37. The number of hydrogen-bond acceptors (Lipinski definition) is 5. The van der Waals surface area contributed by atoms with E-state index in [0.717, 1.165) is 37.1 Å². The number of pyridine rings is 1. The average molecular weight is 396 g/mol. The van der Waals surface area contributed by atoms with Gasteiger partial charge in [0.2, 0.25) is 5.91 Å². The van der Waals surface area contributed by atoms with Crippen LogP contribution in [-0.2, 0) is 11.0 Å². The number of amides is 1. The van der Waals surface area contributed by atoms with Crippen LogP contribution in [0.2, 0.25) is 0 Å². The number of aromatic nitrogens is 1. The maximum absolute atomic E-state index is 13.2. The first-order valence-corrected chi connectivity index (χ1v) is 9.43. The molecule has 1 amide bonds. The predicted molar refractivity (Wildman–Crippen MR) is 93.6 cm³/mol. The number of aryl methyl sites for hydroxylation is 1. The third-order valence-corrected chi connectivity index (χ3v) is 5.73. The molecule has 0 atom stereocenters. The summed E-state index contributed by atoms with van der Waals surface area (Å²) >= 11 is 0.791. The Hall–Kier alpha value is -2.26. The Balaban J connectivity index is 2.21. The summed E-state index contributed by atoms with van der Waals surface area (Å²) in [5, 5.41) is 18.6. The standard InChI is InChI=1S/C18H19F3N4OS/c1-12-8-14(18(19,20)21)13(9-22)16(24-12)27-10-15(26)25(2)17(11-23)6-4-3-5-7-17/h8H,3-7,10H2,1-2H3. The maximum Gasteiger partial charge on any atom is 0.417 e. The van der Waals surface area contributed by atoms with Crippen LogP contribution in [0, 0.1) is 29.6 Å². The van der Waals surface area contributed by atoms with Gasteiger partial charge in [0.15, 0.2) is 0 Å². The monoisotopic (exact) mass is 396 g/mol. The van der Waals surface area contributed by atoms with Crippen molar-refractivity contribution in [2.24, 2.45) is 0 Å². The van der Waals surface area contributed by atoms with Crippen LogP contribution in [-0.4, -0.2) is 34.1 Å². The van der Waals surface area contributed by atoms with Gasteiger partial charge in [0.1, 0.15) is 16.6 Å². The second kappa shape index (κ2) is 8.18. The summed E-state index contributed by atoms with van der Waals surface area (Å²) in [6.07, 6.45) is -0.793. The second-order valence-corrected chi connectivity index (χ2v) is 7.51. The van der Waals surface area contributed by atoms with Gasteiger partial charge in [-0.1, -0.05) is 31.0 Å². The first kappa shape index (κ1) is 21.0. The molecule has 1 aliphatic rings. The molecule has 0 unspecified atom stereocenters. The van der Waals surface area contributed by atoms with Gasteiger partial charge in [0, 0.05) is 12.7 Å². The van der Waals surface area contributed by atoms with Crippen molar-refractivity contribution < 1.29 is 18.0 Å². The number of rotatable bonds is 4. The summed E-state index contributed by atoms with van der Waals surface area (Å²) in [7, 11) is 1.55. The van der Waals surface area contributed by atoms with Crippen molar-refractivity contribution in [1.29, 1.82) is 10.5 Å². The van der Waals surface area contributed by atoms with Gasteiger partial charge in [-0.2, -0.15) is 23.7 Å². The zero-order valence-corrected chi connectivity index (χ0v) is 15.9. The van der Waals surface area contributed by atoms with Gasteiger partial charge in [-0.15, -0.1) is 0 Å². The van der Waals surface area contributed by atoms with Crippen LogP contribution in [0.3, 0.4) is 0 Å². The Kier molecular flexibility index (Phi) is 6.38. The number of carbonyl (C=O) groups excluding carboxylic acids is 1. The van der Waals surface area contributed by atoms with Gasteiger partial charge in [0.05, 0.1) is 22.9 Å². The lowest BCUT2D eigenvalue weighted by Crippen LogP contribution is -2.50. The lowest BCUT2D eigenvalue weighted by molar-refractivity contribution is -0.138. The van der Waals surface area contributed by atoms with Crippen LogP contribution >= 0.6 is 11.8 Å². The fourth-order valence-corrected chi connectivity index (χ4v) is 4.17. The molecule has 1 aliphatic carbocycles. The van der Waals surface area contributed by atoms with Gasteiger partial charge in [-0.25, -0.2) is 4.98 Å². The molecule has 0 aliphatic heterocycles. The quantitative estimate of drug-likeness (QED) is 0.717. The molecule has 0 saturated heterocycles. The van der Waals surface area contributed by atoms with E-state index in [1.54, 1.807) is 13.1 Å². The molecule has 9 heteroatoms. The maximum atomic E-state index is 13.2. The molecular formula is C18H19F3N4OS. The summed E-state index contributed by atoms with van der Waals surface area (Å²) in [6.45, 7) is 1.40. The van der Waals surface area contributed by atoms with Crippen LogP contribution in [0.5, 0.6) is 0 Å². The van der Waals surface area contributed by atoms with Crippen molar-refractivity contribution in [1.82, 2.24) is 9.88 Å². The predicted octanol–water partition coefficient (Wildman–Crippen LogP) is 4.06. The highest BCUT2D eigenvalue weighted by atomic mass is 32.2. The van der Waals surface area contributed by atoms with E-state index in [0.29, 0.717) is 12.8 Å². The second-order valence-electron chi connectivity index (χ2n) is 6.55. The van der Waals surface area contributed by atoms with Crippen LogP contribution in [0.25, 0.3) is 0 Å². The molecule has 0 aromatic carbocycles. The van der Waals surface area contributed by atoms with Gasteiger partial charge in [-0.3, -0.25) is 4.79 Å². The Morgan fingerprint density at radius 2 is 1.96 bits per heavy atom. The fourth-order valence-electron chi connectivity index (χ4n) is 3.21. The van der Waals surface area contributed by atoms with E-state index in [2.05, 4.69) is 11.1 Å². The topological polar surface area (TPSA) is 80.8 Å². The first-order chi connectivity index (χ1) is 12.6. The lowest BCUT2D eigenvalue weighted by Gasteiger charge is -2.39. The van der Waals surface area contributed by atoms with Crippen LogP contribution in [0.15, 0.2) is 11.1 Å². The number of nitriles is 2. The number of hydrogen-bond donors (Lipinski definition) is 0. The molecule has 1 fully saturated rings.